The third-order valence-electron chi connectivity index (χ3n) is 8.20. The molecule has 2 aromatic heterocycles. The second-order valence-corrected chi connectivity index (χ2v) is 13.9. The van der Waals surface area contributed by atoms with Crippen LogP contribution in [0.2, 0.25) is 0 Å². The number of nitrogens with one attached hydrogen (secondary N) is 2. The molecule has 9 nitrogen and oxygen atoms in total. The normalized spacial score (nSPS) is 22.9. The Kier molecular flexibility index (Phi) is 8.59. The maximum Gasteiger partial charge on any atom is 0.224 e. The van der Waals surface area contributed by atoms with Gasteiger partial charge in [-0.15, -0.1) is 0 Å². The molecule has 222 valence electrons. The lowest BCUT2D eigenvalue weighted by atomic mass is 9.74. The molecule has 0 radical (unpaired) electrons. The van der Waals surface area contributed by atoms with Gasteiger partial charge >= 0.3 is 0 Å². The van der Waals surface area contributed by atoms with Crippen LogP contribution in [-0.2, 0) is 14.5 Å². The highest BCUT2D eigenvalue weighted by Gasteiger charge is 2.40. The SMILES string of the molecule is CC(C)[C@@H](C#N)NC(=O)C1C[C@@H](F)CCC1c1nn(-c2ncccc2F)cc1-c1ccc(N2CCS(=N)(=O)CC2)cc1. The van der Waals surface area contributed by atoms with Gasteiger partial charge in [0.05, 0.1) is 11.8 Å². The predicted molar refractivity (Wildman–Crippen MR) is 157 cm³/mol. The van der Waals surface area contributed by atoms with Crippen molar-refractivity contribution in [3.8, 4) is 23.0 Å². The number of carbonyl (C=O) groups is 1. The first-order valence-electron chi connectivity index (χ1n) is 14.2. The van der Waals surface area contributed by atoms with Crippen LogP contribution in [-0.4, -0.2) is 61.7 Å². The summed E-state index contributed by atoms with van der Waals surface area (Å²) in [6.45, 7) is 4.75. The summed E-state index contributed by atoms with van der Waals surface area (Å²) in [6.07, 6.45) is 2.64. The van der Waals surface area contributed by atoms with E-state index in [9.17, 15) is 23.0 Å². The van der Waals surface area contributed by atoms with Crippen LogP contribution >= 0.6 is 0 Å². The highest BCUT2D eigenvalue weighted by molar-refractivity contribution is 7.92. The van der Waals surface area contributed by atoms with Gasteiger partial charge < -0.3 is 10.2 Å². The Morgan fingerprint density at radius 2 is 1.90 bits per heavy atom. The molecule has 12 heteroatoms. The number of pyridine rings is 1. The highest BCUT2D eigenvalue weighted by Crippen LogP contribution is 2.43. The average molecular weight is 596 g/mol. The standard InChI is InChI=1S/C30H35F2N7O2S/c1-19(2)27(17-33)36-30(40)24-16-21(31)7-10-23(24)28-25(18-39(37-28)29-26(32)4-3-11-35-29)20-5-8-22(9-6-20)38-12-14-42(34,41)15-13-38/h3-6,8-9,11,18-19,21,23-24,27,34H,7,10,12-16H2,1-2H3,(H,36,40)/t21-,23?,24?,27+/m0/s1. The van der Waals surface area contributed by atoms with E-state index < -0.39 is 45.5 Å². The molecule has 1 amide bonds. The number of nitrogens with zero attached hydrogens (tertiary/aromatic N) is 5. The van der Waals surface area contributed by atoms with E-state index in [4.69, 9.17) is 9.88 Å². The number of hydrogen-bond acceptors (Lipinski definition) is 7. The second-order valence-electron chi connectivity index (χ2n) is 11.4. The summed E-state index contributed by atoms with van der Waals surface area (Å²) in [5.41, 5.74) is 2.95. The number of amides is 1. The zero-order valence-electron chi connectivity index (χ0n) is 23.7. The zero-order chi connectivity index (χ0) is 30.0. The number of hydrogen-bond donors (Lipinski definition) is 2. The molecule has 1 saturated heterocycles. The first-order chi connectivity index (χ1) is 20.1. The molecule has 0 bridgehead atoms. The summed E-state index contributed by atoms with van der Waals surface area (Å²) in [5, 5.41) is 17.1. The van der Waals surface area contributed by atoms with Crippen LogP contribution in [0.4, 0.5) is 14.5 Å². The van der Waals surface area contributed by atoms with E-state index in [1.54, 1.807) is 6.20 Å². The fraction of sp³-hybridized carbons (Fsp3) is 0.467. The predicted octanol–water partition coefficient (Wildman–Crippen LogP) is 4.83. The van der Waals surface area contributed by atoms with Crippen molar-refractivity contribution in [3.05, 3.63) is 60.3 Å². The van der Waals surface area contributed by atoms with Gasteiger partial charge in [0.15, 0.2) is 11.6 Å². The Morgan fingerprint density at radius 1 is 1.19 bits per heavy atom. The second kappa shape index (κ2) is 12.2. The lowest BCUT2D eigenvalue weighted by molar-refractivity contribution is -0.128. The molecule has 42 heavy (non-hydrogen) atoms. The van der Waals surface area contributed by atoms with Crippen molar-refractivity contribution in [2.45, 2.75) is 51.2 Å². The molecular formula is C30H35F2N7O2S. The lowest BCUT2D eigenvalue weighted by Gasteiger charge is -2.33. The molecule has 1 aromatic carbocycles. The zero-order valence-corrected chi connectivity index (χ0v) is 24.5. The molecule has 2 aliphatic rings. The minimum Gasteiger partial charge on any atom is -0.370 e. The summed E-state index contributed by atoms with van der Waals surface area (Å²) >= 11 is 0. The van der Waals surface area contributed by atoms with E-state index in [0.717, 1.165) is 11.3 Å². The Morgan fingerprint density at radius 3 is 2.55 bits per heavy atom. The lowest BCUT2D eigenvalue weighted by Crippen LogP contribution is -2.44. The van der Waals surface area contributed by atoms with Crippen molar-refractivity contribution in [3.63, 3.8) is 0 Å². The number of aromatic nitrogens is 3. The van der Waals surface area contributed by atoms with Crippen LogP contribution in [0.25, 0.3) is 16.9 Å². The van der Waals surface area contributed by atoms with E-state index in [1.165, 1.54) is 23.0 Å². The van der Waals surface area contributed by atoms with Crippen molar-refractivity contribution >= 4 is 21.3 Å². The average Bonchev–Trinajstić information content (AvgIpc) is 3.41. The Balaban J connectivity index is 1.53. The van der Waals surface area contributed by atoms with Crippen LogP contribution in [0.3, 0.4) is 0 Å². The summed E-state index contributed by atoms with van der Waals surface area (Å²) < 4.78 is 50.8. The third-order valence-corrected chi connectivity index (χ3v) is 9.89. The summed E-state index contributed by atoms with van der Waals surface area (Å²) in [5.74, 6) is -1.62. The molecule has 3 heterocycles. The first-order valence-corrected chi connectivity index (χ1v) is 16.1. The van der Waals surface area contributed by atoms with Gasteiger partial charge in [-0.25, -0.2) is 22.7 Å². The Hall–Kier alpha value is -3.85. The molecular weight excluding hydrogens is 560 g/mol. The summed E-state index contributed by atoms with van der Waals surface area (Å²) in [6, 6.07) is 11.9. The van der Waals surface area contributed by atoms with Gasteiger partial charge in [-0.1, -0.05) is 26.0 Å². The fourth-order valence-corrected chi connectivity index (χ4v) is 6.96. The van der Waals surface area contributed by atoms with E-state index in [0.29, 0.717) is 42.3 Å². The van der Waals surface area contributed by atoms with Gasteiger partial charge in [0, 0.05) is 69.8 Å². The molecule has 4 atom stereocenters. The summed E-state index contributed by atoms with van der Waals surface area (Å²) in [4.78, 5) is 19.7. The fourth-order valence-electron chi connectivity index (χ4n) is 5.72. The maximum absolute atomic E-state index is 14.8. The van der Waals surface area contributed by atoms with Crippen molar-refractivity contribution in [1.82, 2.24) is 20.1 Å². The molecule has 2 N–H and O–H groups in total. The highest BCUT2D eigenvalue weighted by atomic mass is 32.2. The van der Waals surface area contributed by atoms with E-state index >= 15 is 0 Å². The van der Waals surface area contributed by atoms with Gasteiger partial charge in [-0.2, -0.15) is 10.4 Å². The third kappa shape index (κ3) is 6.31. The van der Waals surface area contributed by atoms with Crippen molar-refractivity contribution < 1.29 is 17.8 Å². The quantitative estimate of drug-likeness (QED) is 0.403. The molecule has 1 saturated carbocycles. The number of nitriles is 1. The Bertz CT molecular complexity index is 1570. The van der Waals surface area contributed by atoms with E-state index in [2.05, 4.69) is 21.3 Å². The number of halogens is 2. The monoisotopic (exact) mass is 595 g/mol. The molecule has 2 fully saturated rings. The number of benzene rings is 1. The molecule has 3 aromatic rings. The minimum absolute atomic E-state index is 0.00405. The van der Waals surface area contributed by atoms with Gasteiger partial charge in [-0.3, -0.25) is 9.57 Å². The largest absolute Gasteiger partial charge is 0.370 e. The smallest absolute Gasteiger partial charge is 0.224 e. The Labute approximate surface area is 244 Å². The van der Waals surface area contributed by atoms with Crippen LogP contribution < -0.4 is 10.2 Å². The van der Waals surface area contributed by atoms with Crippen LogP contribution in [0, 0.1) is 33.8 Å². The van der Waals surface area contributed by atoms with Crippen LogP contribution in [0.15, 0.2) is 48.8 Å². The minimum atomic E-state index is -2.52. The number of rotatable bonds is 7. The molecule has 0 spiro atoms. The molecule has 1 aliphatic heterocycles. The number of carbonyl (C=O) groups excluding carboxylic acids is 1. The van der Waals surface area contributed by atoms with Gasteiger partial charge in [0.1, 0.15) is 12.2 Å². The van der Waals surface area contributed by atoms with Crippen LogP contribution in [0.5, 0.6) is 0 Å². The van der Waals surface area contributed by atoms with Crippen LogP contribution in [0.1, 0.15) is 44.7 Å². The topological polar surface area (TPSA) is 128 Å². The summed E-state index contributed by atoms with van der Waals surface area (Å²) in [7, 11) is -2.52. The number of alkyl halides is 1. The first kappa shape index (κ1) is 29.6. The van der Waals surface area contributed by atoms with Crippen molar-refractivity contribution in [2.24, 2.45) is 11.8 Å². The molecule has 1 aliphatic carbocycles. The maximum atomic E-state index is 14.8. The van der Waals surface area contributed by atoms with Gasteiger partial charge in [0.2, 0.25) is 5.91 Å². The van der Waals surface area contributed by atoms with Gasteiger partial charge in [0.25, 0.3) is 0 Å². The van der Waals surface area contributed by atoms with Gasteiger partial charge in [-0.05, 0) is 55.0 Å². The van der Waals surface area contributed by atoms with Crippen molar-refractivity contribution in [1.29, 1.82) is 10.0 Å². The van der Waals surface area contributed by atoms with Crippen molar-refractivity contribution in [2.75, 3.05) is 29.5 Å². The molecule has 2 unspecified atom stereocenters. The van der Waals surface area contributed by atoms with E-state index in [-0.39, 0.29) is 24.6 Å². The van der Waals surface area contributed by atoms with E-state index in [1.807, 2.05) is 38.1 Å². The molecule has 5 rings (SSSR count). The number of anilines is 1.